The number of piperazine rings is 1. The fourth-order valence-corrected chi connectivity index (χ4v) is 3.83. The first-order valence-corrected chi connectivity index (χ1v) is 11.4. The number of amides is 1. The Bertz CT molecular complexity index is 1030. The fraction of sp³-hybridized carbons (Fsp3) is 0.296. The van der Waals surface area contributed by atoms with Crippen LogP contribution in [0.4, 0.5) is 10.5 Å². The van der Waals surface area contributed by atoms with Crippen molar-refractivity contribution in [2.45, 2.75) is 20.1 Å². The molecule has 0 radical (unpaired) electrons. The first-order valence-electron chi connectivity index (χ1n) is 11.4. The van der Waals surface area contributed by atoms with Crippen molar-refractivity contribution in [2.75, 3.05) is 37.7 Å². The summed E-state index contributed by atoms with van der Waals surface area (Å²) in [6.45, 7) is 6.02. The standard InChI is InChI=1S/C27H30N2O4/c1-2-31-26-14-7-6-13-25(26)28-15-17-29(18-16-28)27(30)33-21-23-11-8-12-24(19-23)32-20-22-9-4-3-5-10-22/h3-14,19H,2,15-18,20-21H2,1H3. The van der Waals surface area contributed by atoms with Crippen molar-refractivity contribution in [1.29, 1.82) is 0 Å². The summed E-state index contributed by atoms with van der Waals surface area (Å²) in [4.78, 5) is 16.6. The van der Waals surface area contributed by atoms with Crippen molar-refractivity contribution in [1.82, 2.24) is 4.90 Å². The molecule has 4 rings (SSSR count). The van der Waals surface area contributed by atoms with Gasteiger partial charge in [-0.05, 0) is 42.3 Å². The van der Waals surface area contributed by atoms with Gasteiger partial charge in [-0.25, -0.2) is 4.79 Å². The number of ether oxygens (including phenoxy) is 3. The highest BCUT2D eigenvalue weighted by molar-refractivity contribution is 5.68. The molecule has 1 amide bonds. The van der Waals surface area contributed by atoms with Crippen molar-refractivity contribution < 1.29 is 19.0 Å². The number of hydrogen-bond donors (Lipinski definition) is 0. The quantitative estimate of drug-likeness (QED) is 0.481. The Labute approximate surface area is 195 Å². The lowest BCUT2D eigenvalue weighted by Gasteiger charge is -2.36. The zero-order valence-corrected chi connectivity index (χ0v) is 19.0. The Morgan fingerprint density at radius 3 is 2.30 bits per heavy atom. The van der Waals surface area contributed by atoms with Crippen molar-refractivity contribution in [3.05, 3.63) is 90.0 Å². The highest BCUT2D eigenvalue weighted by atomic mass is 16.6. The van der Waals surface area contributed by atoms with Crippen LogP contribution >= 0.6 is 0 Å². The molecule has 0 unspecified atom stereocenters. The van der Waals surface area contributed by atoms with E-state index in [2.05, 4.69) is 11.0 Å². The summed E-state index contributed by atoms with van der Waals surface area (Å²) in [6, 6.07) is 25.7. The van der Waals surface area contributed by atoms with Crippen LogP contribution in [0.5, 0.6) is 11.5 Å². The number of para-hydroxylation sites is 2. The minimum Gasteiger partial charge on any atom is -0.492 e. The van der Waals surface area contributed by atoms with Crippen molar-refractivity contribution in [2.24, 2.45) is 0 Å². The van der Waals surface area contributed by atoms with Crippen LogP contribution in [0.2, 0.25) is 0 Å². The summed E-state index contributed by atoms with van der Waals surface area (Å²) in [5, 5.41) is 0. The average molecular weight is 447 g/mol. The predicted molar refractivity (Wildman–Crippen MR) is 129 cm³/mol. The van der Waals surface area contributed by atoms with Crippen LogP contribution < -0.4 is 14.4 Å². The molecule has 0 bridgehead atoms. The third-order valence-corrected chi connectivity index (χ3v) is 5.55. The van der Waals surface area contributed by atoms with Gasteiger partial charge in [0.2, 0.25) is 0 Å². The van der Waals surface area contributed by atoms with Crippen LogP contribution in [0.15, 0.2) is 78.9 Å². The van der Waals surface area contributed by atoms with Gasteiger partial charge in [-0.15, -0.1) is 0 Å². The Morgan fingerprint density at radius 1 is 0.788 bits per heavy atom. The molecule has 3 aromatic rings. The highest BCUT2D eigenvalue weighted by Gasteiger charge is 2.24. The average Bonchev–Trinajstić information content (AvgIpc) is 2.88. The Morgan fingerprint density at radius 2 is 1.52 bits per heavy atom. The number of rotatable bonds is 8. The molecule has 6 nitrogen and oxygen atoms in total. The third kappa shape index (κ3) is 6.19. The lowest BCUT2D eigenvalue weighted by molar-refractivity contribution is 0.0940. The number of hydrogen-bond acceptors (Lipinski definition) is 5. The number of carbonyl (C=O) groups is 1. The molecule has 0 atom stereocenters. The lowest BCUT2D eigenvalue weighted by Crippen LogP contribution is -2.49. The maximum Gasteiger partial charge on any atom is 0.410 e. The van der Waals surface area contributed by atoms with Crippen LogP contribution in [0.1, 0.15) is 18.1 Å². The van der Waals surface area contributed by atoms with E-state index in [0.29, 0.717) is 26.3 Å². The predicted octanol–water partition coefficient (Wildman–Crippen LogP) is 5.12. The summed E-state index contributed by atoms with van der Waals surface area (Å²) in [7, 11) is 0. The zero-order valence-electron chi connectivity index (χ0n) is 19.0. The topological polar surface area (TPSA) is 51.2 Å². The molecule has 1 saturated heterocycles. The van der Waals surface area contributed by atoms with Crippen molar-refractivity contribution >= 4 is 11.8 Å². The second-order valence-corrected chi connectivity index (χ2v) is 7.85. The first kappa shape index (κ1) is 22.5. The summed E-state index contributed by atoms with van der Waals surface area (Å²) in [5.41, 5.74) is 3.08. The molecule has 6 heteroatoms. The smallest absolute Gasteiger partial charge is 0.410 e. The Balaban J connectivity index is 1.25. The molecule has 0 N–H and O–H groups in total. The van der Waals surface area contributed by atoms with Crippen molar-refractivity contribution in [3.8, 4) is 11.5 Å². The second-order valence-electron chi connectivity index (χ2n) is 7.85. The molecule has 0 aliphatic carbocycles. The molecule has 0 aromatic heterocycles. The van der Waals surface area contributed by atoms with Gasteiger partial charge in [0.05, 0.1) is 12.3 Å². The van der Waals surface area contributed by atoms with E-state index in [1.807, 2.05) is 79.7 Å². The minimum absolute atomic E-state index is 0.217. The van der Waals surface area contributed by atoms with Gasteiger partial charge < -0.3 is 24.0 Å². The maximum absolute atomic E-state index is 12.6. The van der Waals surface area contributed by atoms with Crippen LogP contribution in [0.25, 0.3) is 0 Å². The zero-order chi connectivity index (χ0) is 22.9. The SMILES string of the molecule is CCOc1ccccc1N1CCN(C(=O)OCc2cccc(OCc3ccccc3)c2)CC1. The maximum atomic E-state index is 12.6. The highest BCUT2D eigenvalue weighted by Crippen LogP contribution is 2.29. The number of benzene rings is 3. The molecule has 0 spiro atoms. The normalized spacial score (nSPS) is 13.5. The van der Waals surface area contributed by atoms with E-state index in [4.69, 9.17) is 14.2 Å². The molecular formula is C27H30N2O4. The van der Waals surface area contributed by atoms with Gasteiger partial charge in [-0.3, -0.25) is 0 Å². The molecule has 0 saturated carbocycles. The largest absolute Gasteiger partial charge is 0.492 e. The molecule has 1 heterocycles. The van der Waals surface area contributed by atoms with Gasteiger partial charge >= 0.3 is 6.09 Å². The van der Waals surface area contributed by atoms with Crippen LogP contribution in [-0.2, 0) is 18.0 Å². The number of anilines is 1. The fourth-order valence-electron chi connectivity index (χ4n) is 3.83. The molecule has 33 heavy (non-hydrogen) atoms. The van der Waals surface area contributed by atoms with Gasteiger partial charge in [0.1, 0.15) is 24.7 Å². The number of carbonyl (C=O) groups excluding carboxylic acids is 1. The molecule has 1 fully saturated rings. The summed E-state index contributed by atoms with van der Waals surface area (Å²) >= 11 is 0. The van der Waals surface area contributed by atoms with Gasteiger partial charge in [0.25, 0.3) is 0 Å². The van der Waals surface area contributed by atoms with Crippen LogP contribution in [-0.4, -0.2) is 43.8 Å². The summed E-state index contributed by atoms with van der Waals surface area (Å²) < 4.78 is 17.2. The molecule has 1 aliphatic rings. The van der Waals surface area contributed by atoms with E-state index in [-0.39, 0.29) is 12.7 Å². The Hall–Kier alpha value is -3.67. The van der Waals surface area contributed by atoms with Gasteiger partial charge in [-0.2, -0.15) is 0 Å². The van der Waals surface area contributed by atoms with E-state index < -0.39 is 0 Å². The molecule has 1 aliphatic heterocycles. The third-order valence-electron chi connectivity index (χ3n) is 5.55. The summed E-state index contributed by atoms with van der Waals surface area (Å²) in [5.74, 6) is 1.64. The number of nitrogens with zero attached hydrogens (tertiary/aromatic N) is 2. The summed E-state index contributed by atoms with van der Waals surface area (Å²) in [6.07, 6.45) is -0.289. The van der Waals surface area contributed by atoms with E-state index in [1.54, 1.807) is 4.90 Å². The lowest BCUT2D eigenvalue weighted by atomic mass is 10.2. The van der Waals surface area contributed by atoms with Gasteiger partial charge in [0.15, 0.2) is 0 Å². The van der Waals surface area contributed by atoms with E-state index in [0.717, 1.165) is 41.4 Å². The van der Waals surface area contributed by atoms with Crippen LogP contribution in [0, 0.1) is 0 Å². The van der Waals surface area contributed by atoms with Gasteiger partial charge in [-0.1, -0.05) is 54.6 Å². The first-order chi connectivity index (χ1) is 16.2. The monoisotopic (exact) mass is 446 g/mol. The van der Waals surface area contributed by atoms with Crippen molar-refractivity contribution in [3.63, 3.8) is 0 Å². The van der Waals surface area contributed by atoms with Crippen LogP contribution in [0.3, 0.4) is 0 Å². The second kappa shape index (κ2) is 11.3. The molecular weight excluding hydrogens is 416 g/mol. The van der Waals surface area contributed by atoms with Gasteiger partial charge in [0, 0.05) is 26.2 Å². The van der Waals surface area contributed by atoms with E-state index in [1.165, 1.54) is 0 Å². The Kier molecular flexibility index (Phi) is 7.69. The van der Waals surface area contributed by atoms with E-state index >= 15 is 0 Å². The molecule has 172 valence electrons. The molecule has 3 aromatic carbocycles. The van der Waals surface area contributed by atoms with E-state index in [9.17, 15) is 4.79 Å². The minimum atomic E-state index is -0.289.